The van der Waals surface area contributed by atoms with E-state index >= 15 is 0 Å². The van der Waals surface area contributed by atoms with Gasteiger partial charge in [-0.25, -0.2) is 8.78 Å². The molecule has 0 radical (unpaired) electrons. The van der Waals surface area contributed by atoms with Crippen molar-refractivity contribution in [3.8, 4) is 11.4 Å². The van der Waals surface area contributed by atoms with Crippen molar-refractivity contribution in [1.29, 1.82) is 0 Å². The predicted octanol–water partition coefficient (Wildman–Crippen LogP) is 2.99. The lowest BCUT2D eigenvalue weighted by molar-refractivity contribution is -0.120. The molecule has 10 heteroatoms. The average molecular weight is 498 g/mol. The van der Waals surface area contributed by atoms with Gasteiger partial charge in [-0.05, 0) is 61.6 Å². The van der Waals surface area contributed by atoms with Crippen molar-refractivity contribution < 1.29 is 23.4 Å². The van der Waals surface area contributed by atoms with Gasteiger partial charge in [-0.3, -0.25) is 4.79 Å². The number of aliphatic hydroxyl groups excluding tert-OH is 1. The summed E-state index contributed by atoms with van der Waals surface area (Å²) in [7, 11) is 0. The number of hydrogen-bond donors (Lipinski definition) is 3. The number of halogens is 2. The number of rotatable bonds is 8. The van der Waals surface area contributed by atoms with Gasteiger partial charge >= 0.3 is 0 Å². The Morgan fingerprint density at radius 3 is 2.56 bits per heavy atom. The van der Waals surface area contributed by atoms with Crippen LogP contribution in [0.4, 0.5) is 8.78 Å². The minimum absolute atomic E-state index is 0.0839. The molecule has 1 spiro atoms. The first-order valence-corrected chi connectivity index (χ1v) is 12.1. The van der Waals surface area contributed by atoms with Crippen molar-refractivity contribution in [2.45, 2.75) is 62.8 Å². The van der Waals surface area contributed by atoms with Gasteiger partial charge in [0.05, 0.1) is 30.2 Å². The highest BCUT2D eigenvalue weighted by atomic mass is 19.1. The van der Waals surface area contributed by atoms with Crippen LogP contribution in [0, 0.1) is 11.6 Å². The van der Waals surface area contributed by atoms with Crippen LogP contribution in [0.5, 0.6) is 5.75 Å². The molecule has 1 saturated carbocycles. The van der Waals surface area contributed by atoms with Crippen LogP contribution in [0.2, 0.25) is 0 Å². The van der Waals surface area contributed by atoms with E-state index in [2.05, 4.69) is 20.8 Å². The van der Waals surface area contributed by atoms with Gasteiger partial charge in [0, 0.05) is 37.6 Å². The van der Waals surface area contributed by atoms with Crippen molar-refractivity contribution in [3.05, 3.63) is 71.6 Å². The molecule has 1 fully saturated rings. The van der Waals surface area contributed by atoms with Crippen molar-refractivity contribution in [1.82, 2.24) is 25.6 Å². The molecular weight excluding hydrogens is 468 g/mol. The number of carbonyl (C=O) groups is 1. The van der Waals surface area contributed by atoms with Crippen molar-refractivity contribution in [2.75, 3.05) is 6.54 Å². The zero-order valence-corrected chi connectivity index (χ0v) is 20.0. The van der Waals surface area contributed by atoms with Crippen LogP contribution in [0.25, 0.3) is 5.69 Å². The highest BCUT2D eigenvalue weighted by Gasteiger charge is 2.45. The highest BCUT2D eigenvalue weighted by Crippen LogP contribution is 2.49. The minimum atomic E-state index is -1.00. The van der Waals surface area contributed by atoms with E-state index in [9.17, 15) is 18.7 Å². The van der Waals surface area contributed by atoms with E-state index in [1.54, 1.807) is 12.4 Å². The second-order valence-electron chi connectivity index (χ2n) is 9.70. The Morgan fingerprint density at radius 1 is 1.19 bits per heavy atom. The van der Waals surface area contributed by atoms with Crippen molar-refractivity contribution in [2.24, 2.45) is 0 Å². The second kappa shape index (κ2) is 9.94. The Bertz CT molecular complexity index is 1210. The molecule has 1 aliphatic heterocycles. The molecule has 190 valence electrons. The van der Waals surface area contributed by atoms with Gasteiger partial charge in [0.2, 0.25) is 5.91 Å². The number of hydrogen-bond acceptors (Lipinski definition) is 6. The first kappa shape index (κ1) is 24.3. The number of benzene rings is 2. The van der Waals surface area contributed by atoms with Crippen LogP contribution in [-0.2, 0) is 11.2 Å². The van der Waals surface area contributed by atoms with Gasteiger partial charge in [0.15, 0.2) is 0 Å². The molecule has 3 N–H and O–H groups in total. The number of aromatic nitrogens is 3. The summed E-state index contributed by atoms with van der Waals surface area (Å²) in [5.74, 6) is -0.952. The van der Waals surface area contributed by atoms with E-state index < -0.39 is 23.8 Å². The van der Waals surface area contributed by atoms with Crippen molar-refractivity contribution >= 4 is 5.91 Å². The first-order valence-electron chi connectivity index (χ1n) is 12.1. The van der Waals surface area contributed by atoms with E-state index in [4.69, 9.17) is 4.74 Å². The van der Waals surface area contributed by atoms with Crippen LogP contribution >= 0.6 is 0 Å². The number of fused-ring (bicyclic) bond motifs is 1. The van der Waals surface area contributed by atoms with E-state index in [1.165, 1.54) is 23.9 Å². The number of ether oxygens (including phenoxy) is 1. The lowest BCUT2D eigenvalue weighted by atomic mass is 9.73. The van der Waals surface area contributed by atoms with E-state index in [-0.39, 0.29) is 30.5 Å². The fraction of sp³-hybridized carbons (Fsp3) is 0.423. The van der Waals surface area contributed by atoms with Crippen LogP contribution in [-0.4, -0.2) is 50.3 Å². The third-order valence-corrected chi connectivity index (χ3v) is 6.99. The maximum Gasteiger partial charge on any atom is 0.217 e. The predicted molar refractivity (Wildman–Crippen MR) is 128 cm³/mol. The number of aliphatic hydroxyl groups is 1. The summed E-state index contributed by atoms with van der Waals surface area (Å²) in [6.07, 6.45) is 6.08. The molecule has 1 amide bonds. The molecule has 2 aliphatic rings. The standard InChI is InChI=1S/C26H29F2N5O3/c1-16(34)32-22(11-17-9-18(27)12-19(28)10-17)24(35)15-29-23-14-26(5-2-6-26)36-25-4-3-20(13-21(23)25)33-30-7-8-31-33/h3-4,7-10,12-13,22-24,29,35H,2,5-6,11,14-15H2,1H3,(H,32,34)/t22-,23-,24+/m0/s1. The second-order valence-corrected chi connectivity index (χ2v) is 9.70. The Hall–Kier alpha value is -3.37. The molecule has 1 aliphatic carbocycles. The molecule has 8 nitrogen and oxygen atoms in total. The first-order chi connectivity index (χ1) is 17.3. The molecule has 0 saturated heterocycles. The normalized spacial score (nSPS) is 19.6. The zero-order valence-electron chi connectivity index (χ0n) is 20.0. The van der Waals surface area contributed by atoms with E-state index in [0.29, 0.717) is 5.56 Å². The summed E-state index contributed by atoms with van der Waals surface area (Å²) < 4.78 is 33.8. The van der Waals surface area contributed by atoms with Gasteiger partial charge < -0.3 is 20.5 Å². The highest BCUT2D eigenvalue weighted by molar-refractivity contribution is 5.73. The number of nitrogens with one attached hydrogen (secondary N) is 2. The lowest BCUT2D eigenvalue weighted by Gasteiger charge is -2.48. The largest absolute Gasteiger partial charge is 0.487 e. The number of amides is 1. The molecule has 3 atom stereocenters. The van der Waals surface area contributed by atoms with Gasteiger partial charge in [-0.15, -0.1) is 0 Å². The Morgan fingerprint density at radius 2 is 1.92 bits per heavy atom. The molecular formula is C26H29F2N5O3. The molecule has 2 aromatic carbocycles. The smallest absolute Gasteiger partial charge is 0.217 e. The Labute approximate surface area is 207 Å². The third kappa shape index (κ3) is 5.24. The fourth-order valence-corrected chi connectivity index (χ4v) is 5.12. The summed E-state index contributed by atoms with van der Waals surface area (Å²) in [5, 5.41) is 25.6. The molecule has 0 unspecified atom stereocenters. The van der Waals surface area contributed by atoms with E-state index in [0.717, 1.165) is 48.8 Å². The molecule has 2 heterocycles. The number of nitrogens with zero attached hydrogens (tertiary/aromatic N) is 3. The summed E-state index contributed by atoms with van der Waals surface area (Å²) in [4.78, 5) is 13.3. The van der Waals surface area contributed by atoms with Crippen LogP contribution in [0.3, 0.4) is 0 Å². The number of carbonyl (C=O) groups excluding carboxylic acids is 1. The van der Waals surface area contributed by atoms with Crippen LogP contribution in [0.1, 0.15) is 49.8 Å². The molecule has 36 heavy (non-hydrogen) atoms. The van der Waals surface area contributed by atoms with E-state index in [1.807, 2.05) is 18.2 Å². The fourth-order valence-electron chi connectivity index (χ4n) is 5.12. The summed E-state index contributed by atoms with van der Waals surface area (Å²) >= 11 is 0. The molecule has 1 aromatic heterocycles. The summed E-state index contributed by atoms with van der Waals surface area (Å²) in [6.45, 7) is 1.51. The van der Waals surface area contributed by atoms with Crippen LogP contribution in [0.15, 0.2) is 48.8 Å². The maximum atomic E-state index is 13.7. The van der Waals surface area contributed by atoms with Crippen LogP contribution < -0.4 is 15.4 Å². The zero-order chi connectivity index (χ0) is 25.3. The Kier molecular flexibility index (Phi) is 6.72. The maximum absolute atomic E-state index is 13.7. The minimum Gasteiger partial charge on any atom is -0.487 e. The molecule has 3 aromatic rings. The topological polar surface area (TPSA) is 101 Å². The monoisotopic (exact) mass is 497 g/mol. The molecule has 5 rings (SSSR count). The quantitative estimate of drug-likeness (QED) is 0.442. The third-order valence-electron chi connectivity index (χ3n) is 6.99. The van der Waals surface area contributed by atoms with Gasteiger partial charge in [0.1, 0.15) is 23.0 Å². The SMILES string of the molecule is CC(=O)N[C@@H](Cc1cc(F)cc(F)c1)[C@H](O)CN[C@H]1CC2(CCC2)Oc2ccc(-n3nccn3)cc21. The van der Waals surface area contributed by atoms with Gasteiger partial charge in [-0.1, -0.05) is 0 Å². The summed E-state index contributed by atoms with van der Waals surface area (Å²) in [5.41, 5.74) is 1.87. The summed E-state index contributed by atoms with van der Waals surface area (Å²) in [6, 6.07) is 8.18. The van der Waals surface area contributed by atoms with Gasteiger partial charge in [0.25, 0.3) is 0 Å². The van der Waals surface area contributed by atoms with Gasteiger partial charge in [-0.2, -0.15) is 15.0 Å². The average Bonchev–Trinajstić information content (AvgIpc) is 3.34. The molecule has 0 bridgehead atoms. The van der Waals surface area contributed by atoms with Crippen molar-refractivity contribution in [3.63, 3.8) is 0 Å². The Balaban J connectivity index is 1.34. The lowest BCUT2D eigenvalue weighted by Crippen LogP contribution is -2.52.